The van der Waals surface area contributed by atoms with Gasteiger partial charge in [0.1, 0.15) is 5.82 Å². The number of nitrogens with one attached hydrogen (secondary N) is 1. The maximum absolute atomic E-state index is 13.3. The largest absolute Gasteiger partial charge is 0.349 e. The Kier molecular flexibility index (Phi) is 5.55. The van der Waals surface area contributed by atoms with Gasteiger partial charge < -0.3 is 10.2 Å². The van der Waals surface area contributed by atoms with E-state index in [4.69, 9.17) is 4.98 Å². The molecule has 1 saturated carbocycles. The van der Waals surface area contributed by atoms with Crippen LogP contribution in [0.5, 0.6) is 0 Å². The number of benzene rings is 1. The number of amides is 1. The Morgan fingerprint density at radius 2 is 2.00 bits per heavy atom. The highest BCUT2D eigenvalue weighted by atomic mass is 16.2. The Morgan fingerprint density at radius 3 is 2.78 bits per heavy atom. The molecule has 0 spiro atoms. The number of carbonyl (C=O) groups excluding carboxylic acids is 1. The number of pyridine rings is 1. The maximum Gasteiger partial charge on any atom is 0.345 e. The number of aryl methyl sites for hydroxylation is 1. The van der Waals surface area contributed by atoms with Crippen LogP contribution in [-0.4, -0.2) is 56.8 Å². The third-order valence-electron chi connectivity index (χ3n) is 6.49. The number of likely N-dealkylation sites (N-methyl/N-ethyl adjacent to an activating group) is 1. The lowest BCUT2D eigenvalue weighted by atomic mass is 10.0. The smallest absolute Gasteiger partial charge is 0.345 e. The summed E-state index contributed by atoms with van der Waals surface area (Å²) in [5.74, 6) is 1.24. The number of hydrogen-bond acceptors (Lipinski definition) is 5. The van der Waals surface area contributed by atoms with E-state index in [1.54, 1.807) is 9.25 Å². The van der Waals surface area contributed by atoms with E-state index in [9.17, 15) is 9.59 Å². The molecule has 1 unspecified atom stereocenters. The summed E-state index contributed by atoms with van der Waals surface area (Å²) < 4.78 is 3.34. The Bertz CT molecular complexity index is 1210. The average molecular weight is 435 g/mol. The van der Waals surface area contributed by atoms with Gasteiger partial charge in [-0.25, -0.2) is 9.48 Å². The second kappa shape index (κ2) is 8.50. The number of nitrogens with zero attached hydrogens (tertiary/aromatic N) is 5. The zero-order chi connectivity index (χ0) is 22.2. The molecule has 5 rings (SSSR count). The van der Waals surface area contributed by atoms with E-state index in [1.165, 1.54) is 0 Å². The molecule has 3 heterocycles. The minimum Gasteiger partial charge on any atom is -0.349 e. The van der Waals surface area contributed by atoms with Gasteiger partial charge in [0.05, 0.1) is 17.6 Å². The molecule has 1 aliphatic heterocycles. The Labute approximate surface area is 187 Å². The van der Waals surface area contributed by atoms with Gasteiger partial charge in [-0.15, -0.1) is 0 Å². The van der Waals surface area contributed by atoms with Crippen LogP contribution in [0, 0.1) is 0 Å². The van der Waals surface area contributed by atoms with Crippen molar-refractivity contribution >= 4 is 16.8 Å². The van der Waals surface area contributed by atoms with Gasteiger partial charge >= 0.3 is 5.69 Å². The first kappa shape index (κ1) is 20.9. The topological polar surface area (TPSA) is 85.0 Å². The van der Waals surface area contributed by atoms with E-state index in [1.807, 2.05) is 49.3 Å². The normalized spacial score (nSPS) is 18.5. The van der Waals surface area contributed by atoms with E-state index >= 15 is 0 Å². The summed E-state index contributed by atoms with van der Waals surface area (Å²) in [4.78, 5) is 32.8. The molecule has 1 amide bonds. The van der Waals surface area contributed by atoms with Gasteiger partial charge in [0.15, 0.2) is 0 Å². The van der Waals surface area contributed by atoms with Crippen molar-refractivity contribution in [2.24, 2.45) is 0 Å². The fourth-order valence-electron chi connectivity index (χ4n) is 4.45. The lowest BCUT2D eigenvalue weighted by Crippen LogP contribution is -2.36. The molecule has 0 saturated heterocycles. The summed E-state index contributed by atoms with van der Waals surface area (Å²) in [6.07, 6.45) is 4.46. The van der Waals surface area contributed by atoms with Crippen LogP contribution < -0.4 is 11.0 Å². The van der Waals surface area contributed by atoms with Gasteiger partial charge in [-0.1, -0.05) is 18.2 Å². The van der Waals surface area contributed by atoms with Crippen molar-refractivity contribution in [2.75, 3.05) is 20.6 Å². The van der Waals surface area contributed by atoms with Crippen LogP contribution in [0.2, 0.25) is 0 Å². The molecule has 168 valence electrons. The summed E-state index contributed by atoms with van der Waals surface area (Å²) in [6, 6.07) is 9.84. The van der Waals surface area contributed by atoms with Crippen molar-refractivity contribution in [1.29, 1.82) is 0 Å². The molecular formula is C24H30N6O2. The molecule has 3 aromatic rings. The van der Waals surface area contributed by atoms with Crippen LogP contribution in [0.1, 0.15) is 53.5 Å². The highest BCUT2D eigenvalue weighted by Gasteiger charge is 2.28. The van der Waals surface area contributed by atoms with E-state index in [0.717, 1.165) is 54.6 Å². The summed E-state index contributed by atoms with van der Waals surface area (Å²) in [5, 5.41) is 8.67. The first-order valence-electron chi connectivity index (χ1n) is 11.5. The minimum atomic E-state index is -0.0570. The average Bonchev–Trinajstić information content (AvgIpc) is 3.60. The van der Waals surface area contributed by atoms with Crippen LogP contribution in [0.15, 0.2) is 35.1 Å². The van der Waals surface area contributed by atoms with Crippen molar-refractivity contribution in [1.82, 2.24) is 29.5 Å². The van der Waals surface area contributed by atoms with Gasteiger partial charge in [-0.05, 0) is 51.9 Å². The van der Waals surface area contributed by atoms with E-state index in [2.05, 4.69) is 10.4 Å². The molecule has 1 atom stereocenters. The highest BCUT2D eigenvalue weighted by Crippen LogP contribution is 2.40. The Hall–Kier alpha value is -3.00. The first-order valence-corrected chi connectivity index (χ1v) is 11.5. The molecule has 1 fully saturated rings. The number of hydrogen-bond donors (Lipinski definition) is 1. The van der Waals surface area contributed by atoms with Gasteiger partial charge in [-0.3, -0.25) is 14.3 Å². The fourth-order valence-corrected chi connectivity index (χ4v) is 4.45. The Balaban J connectivity index is 1.31. The van der Waals surface area contributed by atoms with Crippen LogP contribution in [-0.2, 0) is 19.5 Å². The van der Waals surface area contributed by atoms with Crippen LogP contribution in [0.25, 0.3) is 10.9 Å². The molecule has 0 radical (unpaired) electrons. The number of fused-ring (bicyclic) bond motifs is 2. The van der Waals surface area contributed by atoms with Crippen molar-refractivity contribution in [3.05, 3.63) is 57.9 Å². The number of aromatic nitrogens is 4. The van der Waals surface area contributed by atoms with Gasteiger partial charge in [0, 0.05) is 42.6 Å². The SMILES string of the molecule is CN(C)CCn1nc2n(c1=O)CCC(NC(=O)c1cc(C3CC3)nc3ccccc13)CC2. The number of para-hydroxylation sites is 1. The molecule has 1 N–H and O–H groups in total. The molecule has 2 aliphatic rings. The first-order chi connectivity index (χ1) is 15.5. The highest BCUT2D eigenvalue weighted by molar-refractivity contribution is 6.06. The predicted molar refractivity (Wildman–Crippen MR) is 123 cm³/mol. The van der Waals surface area contributed by atoms with Crippen molar-refractivity contribution in [3.63, 3.8) is 0 Å². The lowest BCUT2D eigenvalue weighted by Gasteiger charge is -2.17. The van der Waals surface area contributed by atoms with Crippen molar-refractivity contribution in [2.45, 2.75) is 57.2 Å². The molecule has 8 heteroatoms. The molecule has 2 aromatic heterocycles. The van der Waals surface area contributed by atoms with Crippen LogP contribution in [0.4, 0.5) is 0 Å². The quantitative estimate of drug-likeness (QED) is 0.643. The van der Waals surface area contributed by atoms with Crippen molar-refractivity contribution < 1.29 is 4.79 Å². The maximum atomic E-state index is 13.3. The van der Waals surface area contributed by atoms with Gasteiger partial charge in [0.2, 0.25) is 0 Å². The number of carbonyl (C=O) groups is 1. The standard InChI is InChI=1S/C24H30N6O2/c1-28(2)13-14-30-24(32)29-12-11-17(9-10-22(29)27-30)25-23(31)19-15-21(16-7-8-16)26-20-6-4-3-5-18(19)20/h3-6,15-17H,7-14H2,1-2H3,(H,25,31). The Morgan fingerprint density at radius 1 is 1.19 bits per heavy atom. The second-order valence-corrected chi connectivity index (χ2v) is 9.26. The molecule has 32 heavy (non-hydrogen) atoms. The minimum absolute atomic E-state index is 0.00938. The monoisotopic (exact) mass is 434 g/mol. The van der Waals surface area contributed by atoms with Gasteiger partial charge in [-0.2, -0.15) is 5.10 Å². The third kappa shape index (κ3) is 4.19. The summed E-state index contributed by atoms with van der Waals surface area (Å²) in [7, 11) is 3.97. The third-order valence-corrected chi connectivity index (χ3v) is 6.49. The van der Waals surface area contributed by atoms with Crippen LogP contribution >= 0.6 is 0 Å². The predicted octanol–water partition coefficient (Wildman–Crippen LogP) is 2.17. The molecule has 8 nitrogen and oxygen atoms in total. The van der Waals surface area contributed by atoms with Crippen LogP contribution in [0.3, 0.4) is 0 Å². The lowest BCUT2D eigenvalue weighted by molar-refractivity contribution is 0.0934. The molecule has 0 bridgehead atoms. The zero-order valence-corrected chi connectivity index (χ0v) is 18.8. The molecular weight excluding hydrogens is 404 g/mol. The number of rotatable bonds is 6. The summed E-state index contributed by atoms with van der Waals surface area (Å²) in [6.45, 7) is 1.94. The zero-order valence-electron chi connectivity index (χ0n) is 18.8. The van der Waals surface area contributed by atoms with E-state index in [0.29, 0.717) is 31.0 Å². The summed E-state index contributed by atoms with van der Waals surface area (Å²) in [5.41, 5.74) is 2.54. The fraction of sp³-hybridized carbons (Fsp3) is 0.500. The van der Waals surface area contributed by atoms with Gasteiger partial charge in [0.25, 0.3) is 5.91 Å². The van der Waals surface area contributed by atoms with E-state index in [-0.39, 0.29) is 17.6 Å². The van der Waals surface area contributed by atoms with Crippen molar-refractivity contribution in [3.8, 4) is 0 Å². The van der Waals surface area contributed by atoms with E-state index < -0.39 is 0 Å². The molecule has 1 aliphatic carbocycles. The second-order valence-electron chi connectivity index (χ2n) is 9.26. The molecule has 1 aromatic carbocycles. The summed E-state index contributed by atoms with van der Waals surface area (Å²) >= 11 is 0.